The van der Waals surface area contributed by atoms with Gasteiger partial charge in [-0.1, -0.05) is 0 Å². The monoisotopic (exact) mass is 370 g/mol. The fourth-order valence-corrected chi connectivity index (χ4v) is 3.20. The van der Waals surface area contributed by atoms with Crippen molar-refractivity contribution >= 4 is 17.7 Å². The molecular weight excluding hydrogens is 344 g/mol. The number of anilines is 1. The molecule has 0 atom stereocenters. The number of rotatable bonds is 6. The Morgan fingerprint density at radius 1 is 1.26 bits per heavy atom. The van der Waals surface area contributed by atoms with Crippen LogP contribution in [0.3, 0.4) is 0 Å². The maximum absolute atomic E-state index is 12.4. The molecule has 3 rings (SSSR count). The Morgan fingerprint density at radius 2 is 1.96 bits per heavy atom. The maximum Gasteiger partial charge on any atom is 0.338 e. The van der Waals surface area contributed by atoms with Gasteiger partial charge in [-0.3, -0.25) is 0 Å². The lowest BCUT2D eigenvalue weighted by molar-refractivity contribution is 0.0318. The highest BCUT2D eigenvalue weighted by atomic mass is 16.5. The summed E-state index contributed by atoms with van der Waals surface area (Å²) in [6.45, 7) is 3.26. The van der Waals surface area contributed by atoms with E-state index in [-0.39, 0.29) is 18.1 Å². The molecule has 1 aliphatic carbocycles. The Balaban J connectivity index is 1.53. The molecule has 1 aromatic heterocycles. The summed E-state index contributed by atoms with van der Waals surface area (Å²) in [4.78, 5) is 30.4. The average Bonchev–Trinajstić information content (AvgIpc) is 3.33. The molecule has 1 heterocycles. The van der Waals surface area contributed by atoms with E-state index in [1.54, 1.807) is 42.4 Å². The first-order valence-electron chi connectivity index (χ1n) is 9.40. The van der Waals surface area contributed by atoms with Gasteiger partial charge in [0, 0.05) is 31.7 Å². The van der Waals surface area contributed by atoms with Crippen LogP contribution in [0.25, 0.3) is 0 Å². The van der Waals surface area contributed by atoms with Crippen molar-refractivity contribution in [3.8, 4) is 0 Å². The number of nitrogens with one attached hydrogen (secondary N) is 1. The van der Waals surface area contributed by atoms with Crippen LogP contribution in [-0.4, -0.2) is 39.6 Å². The van der Waals surface area contributed by atoms with Gasteiger partial charge in [-0.25, -0.2) is 14.6 Å². The zero-order chi connectivity index (χ0) is 19.2. The van der Waals surface area contributed by atoms with Gasteiger partial charge in [0.25, 0.3) is 0 Å². The van der Waals surface area contributed by atoms with Crippen molar-refractivity contribution in [3.05, 3.63) is 48.0 Å². The number of nitrogens with zero attached hydrogens (tertiary/aromatic N) is 3. The van der Waals surface area contributed by atoms with Crippen LogP contribution in [0.15, 0.2) is 36.7 Å². The molecule has 0 unspecified atom stereocenters. The van der Waals surface area contributed by atoms with Crippen LogP contribution >= 0.6 is 0 Å². The Labute approximate surface area is 159 Å². The van der Waals surface area contributed by atoms with Gasteiger partial charge in [0.15, 0.2) is 0 Å². The molecule has 144 valence electrons. The predicted octanol–water partition coefficient (Wildman–Crippen LogP) is 3.67. The fourth-order valence-electron chi connectivity index (χ4n) is 3.20. The van der Waals surface area contributed by atoms with Gasteiger partial charge in [0.1, 0.15) is 11.9 Å². The number of carbonyl (C=O) groups excluding carboxylic acids is 2. The maximum atomic E-state index is 12.4. The number of aromatic nitrogens is 2. The van der Waals surface area contributed by atoms with Crippen LogP contribution in [-0.2, 0) is 17.8 Å². The van der Waals surface area contributed by atoms with Crippen molar-refractivity contribution in [3.63, 3.8) is 0 Å². The van der Waals surface area contributed by atoms with Crippen molar-refractivity contribution in [2.24, 2.45) is 0 Å². The summed E-state index contributed by atoms with van der Waals surface area (Å²) >= 11 is 0. The molecule has 7 heteroatoms. The Hall–Kier alpha value is -2.83. The molecule has 0 aliphatic heterocycles. The molecule has 0 spiro atoms. The summed E-state index contributed by atoms with van der Waals surface area (Å²) in [6.07, 6.45) is 7.80. The summed E-state index contributed by atoms with van der Waals surface area (Å²) in [5.41, 5.74) is 1.13. The lowest BCUT2D eigenvalue weighted by Crippen LogP contribution is -2.31. The smallest absolute Gasteiger partial charge is 0.338 e. The highest BCUT2D eigenvalue weighted by molar-refractivity contribution is 5.92. The number of hydrogen-bond donors (Lipinski definition) is 1. The summed E-state index contributed by atoms with van der Waals surface area (Å²) in [7, 11) is 1.72. The van der Waals surface area contributed by atoms with Gasteiger partial charge in [-0.05, 0) is 56.9 Å². The summed E-state index contributed by atoms with van der Waals surface area (Å²) in [6, 6.07) is 6.54. The molecule has 2 aromatic rings. The van der Waals surface area contributed by atoms with Crippen LogP contribution in [0.1, 0.15) is 48.8 Å². The largest absolute Gasteiger partial charge is 0.459 e. The third kappa shape index (κ3) is 4.87. The Bertz CT molecular complexity index is 779. The first-order valence-corrected chi connectivity index (χ1v) is 9.40. The SMILES string of the molecule is CCn1ccnc1CN(C)C(=O)Nc1ccc(C(=O)OC2CCCC2)cc1. The highest BCUT2D eigenvalue weighted by Crippen LogP contribution is 2.22. The number of aryl methyl sites for hydroxylation is 1. The second-order valence-electron chi connectivity index (χ2n) is 6.80. The number of carbonyl (C=O) groups is 2. The van der Waals surface area contributed by atoms with E-state index < -0.39 is 0 Å². The summed E-state index contributed by atoms with van der Waals surface area (Å²) in [5.74, 6) is 0.531. The van der Waals surface area contributed by atoms with Crippen LogP contribution < -0.4 is 5.32 Å². The van der Waals surface area contributed by atoms with E-state index in [1.165, 1.54) is 0 Å². The Morgan fingerprint density at radius 3 is 2.63 bits per heavy atom. The molecule has 1 saturated carbocycles. The zero-order valence-corrected chi connectivity index (χ0v) is 15.9. The van der Waals surface area contributed by atoms with E-state index in [2.05, 4.69) is 10.3 Å². The minimum Gasteiger partial charge on any atom is -0.459 e. The van der Waals surface area contributed by atoms with Gasteiger partial charge in [-0.15, -0.1) is 0 Å². The van der Waals surface area contributed by atoms with Gasteiger partial charge in [0.2, 0.25) is 0 Å². The first kappa shape index (κ1) is 18.9. The molecule has 2 amide bonds. The molecule has 1 aliphatic rings. The third-order valence-corrected chi connectivity index (χ3v) is 4.82. The summed E-state index contributed by atoms with van der Waals surface area (Å²) < 4.78 is 7.49. The molecule has 0 radical (unpaired) electrons. The summed E-state index contributed by atoms with van der Waals surface area (Å²) in [5, 5.41) is 2.83. The number of urea groups is 1. The molecule has 27 heavy (non-hydrogen) atoms. The van der Waals surface area contributed by atoms with Crippen molar-refractivity contribution in [2.75, 3.05) is 12.4 Å². The van der Waals surface area contributed by atoms with E-state index in [1.807, 2.05) is 17.7 Å². The number of hydrogen-bond acceptors (Lipinski definition) is 4. The van der Waals surface area contributed by atoms with Crippen LogP contribution in [0.5, 0.6) is 0 Å². The average molecular weight is 370 g/mol. The molecule has 1 fully saturated rings. The molecule has 7 nitrogen and oxygen atoms in total. The minimum atomic E-state index is -0.303. The molecular formula is C20H26N4O3. The Kier molecular flexibility index (Phi) is 6.11. The van der Waals surface area contributed by atoms with Crippen LogP contribution in [0.2, 0.25) is 0 Å². The molecule has 1 aromatic carbocycles. The second-order valence-corrected chi connectivity index (χ2v) is 6.80. The number of amides is 2. The van der Waals surface area contributed by atoms with Crippen molar-refractivity contribution in [1.29, 1.82) is 0 Å². The van der Waals surface area contributed by atoms with Crippen molar-refractivity contribution in [1.82, 2.24) is 14.5 Å². The van der Waals surface area contributed by atoms with Crippen LogP contribution in [0, 0.1) is 0 Å². The lowest BCUT2D eigenvalue weighted by Gasteiger charge is -2.18. The van der Waals surface area contributed by atoms with Crippen molar-refractivity contribution < 1.29 is 14.3 Å². The van der Waals surface area contributed by atoms with E-state index >= 15 is 0 Å². The van der Waals surface area contributed by atoms with Gasteiger partial charge in [0.05, 0.1) is 12.1 Å². The quantitative estimate of drug-likeness (QED) is 0.787. The van der Waals surface area contributed by atoms with Gasteiger partial charge >= 0.3 is 12.0 Å². The highest BCUT2D eigenvalue weighted by Gasteiger charge is 2.20. The normalized spacial score (nSPS) is 14.1. The van der Waals surface area contributed by atoms with E-state index in [0.29, 0.717) is 17.8 Å². The lowest BCUT2D eigenvalue weighted by atomic mass is 10.2. The van der Waals surface area contributed by atoms with E-state index in [4.69, 9.17) is 4.74 Å². The third-order valence-electron chi connectivity index (χ3n) is 4.82. The molecule has 0 saturated heterocycles. The fraction of sp³-hybridized carbons (Fsp3) is 0.450. The predicted molar refractivity (Wildman–Crippen MR) is 103 cm³/mol. The molecule has 0 bridgehead atoms. The minimum absolute atomic E-state index is 0.0428. The van der Waals surface area contributed by atoms with Gasteiger partial charge in [-0.2, -0.15) is 0 Å². The second kappa shape index (κ2) is 8.70. The van der Waals surface area contributed by atoms with Crippen molar-refractivity contribution in [2.45, 2.75) is 51.8 Å². The molecule has 1 N–H and O–H groups in total. The topological polar surface area (TPSA) is 76.5 Å². The standard InChI is InChI=1S/C20H26N4O3/c1-3-24-13-12-21-18(24)14-23(2)20(26)22-16-10-8-15(9-11-16)19(25)27-17-6-4-5-7-17/h8-13,17H,3-7,14H2,1-2H3,(H,22,26). The zero-order valence-electron chi connectivity index (χ0n) is 15.9. The number of imidazole rings is 1. The first-order chi connectivity index (χ1) is 13.1. The number of ether oxygens (including phenoxy) is 1. The van der Waals surface area contributed by atoms with Gasteiger partial charge < -0.3 is 19.5 Å². The van der Waals surface area contributed by atoms with Crippen LogP contribution in [0.4, 0.5) is 10.5 Å². The number of benzene rings is 1. The van der Waals surface area contributed by atoms with E-state index in [0.717, 1.165) is 38.1 Å². The van der Waals surface area contributed by atoms with E-state index in [9.17, 15) is 9.59 Å². The number of esters is 1.